The number of Topliss-reactive ketones (excluding diaryl/α,β-unsaturated/α-hetero) is 1. The number of allylic oxidation sites excluding steroid dienone is 2. The first-order chi connectivity index (χ1) is 14.3. The van der Waals surface area contributed by atoms with Crippen molar-refractivity contribution in [3.63, 3.8) is 0 Å². The van der Waals surface area contributed by atoms with E-state index in [-0.39, 0.29) is 17.7 Å². The van der Waals surface area contributed by atoms with Crippen LogP contribution in [0.5, 0.6) is 0 Å². The minimum Gasteiger partial charge on any atom is -0.329 e. The van der Waals surface area contributed by atoms with Crippen LogP contribution in [0.3, 0.4) is 0 Å². The number of nitrogens with zero attached hydrogens (tertiary/aromatic N) is 2. The number of carbonyl (C=O) groups excluding carboxylic acids is 1. The normalized spacial score (nSPS) is 21.0. The lowest BCUT2D eigenvalue weighted by Gasteiger charge is -2.35. The van der Waals surface area contributed by atoms with Gasteiger partial charge in [-0.3, -0.25) is 9.36 Å². The third-order valence-electron chi connectivity index (χ3n) is 5.98. The van der Waals surface area contributed by atoms with Crippen LogP contribution in [-0.2, 0) is 4.79 Å². The van der Waals surface area contributed by atoms with Gasteiger partial charge in [-0.1, -0.05) is 48.5 Å². The predicted molar refractivity (Wildman–Crippen MR) is 116 cm³/mol. The van der Waals surface area contributed by atoms with Crippen LogP contribution >= 0.6 is 11.3 Å². The number of aromatic nitrogens is 2. The van der Waals surface area contributed by atoms with Gasteiger partial charge in [0, 0.05) is 22.6 Å². The Balaban J connectivity index is 1.53. The molecule has 0 radical (unpaired) electrons. The van der Waals surface area contributed by atoms with Gasteiger partial charge in [-0.15, -0.1) is 11.3 Å². The van der Waals surface area contributed by atoms with E-state index >= 15 is 0 Å². The van der Waals surface area contributed by atoms with Crippen molar-refractivity contribution in [2.45, 2.75) is 24.8 Å². The van der Waals surface area contributed by atoms with Gasteiger partial charge in [0.15, 0.2) is 5.78 Å². The van der Waals surface area contributed by atoms with Crippen molar-refractivity contribution in [2.24, 2.45) is 0 Å². The summed E-state index contributed by atoms with van der Waals surface area (Å²) in [6, 6.07) is 22.6. The van der Waals surface area contributed by atoms with Crippen molar-refractivity contribution in [1.29, 1.82) is 0 Å². The van der Waals surface area contributed by atoms with Gasteiger partial charge >= 0.3 is 0 Å². The number of anilines is 1. The Morgan fingerprint density at radius 3 is 2.62 bits per heavy atom. The van der Waals surface area contributed by atoms with Crippen molar-refractivity contribution in [3.05, 3.63) is 93.8 Å². The zero-order valence-electron chi connectivity index (χ0n) is 15.7. The van der Waals surface area contributed by atoms with E-state index in [0.29, 0.717) is 6.42 Å². The molecule has 0 unspecified atom stereocenters. The molecule has 0 bridgehead atoms. The molecule has 5 heteroatoms. The van der Waals surface area contributed by atoms with E-state index in [9.17, 15) is 4.79 Å². The van der Waals surface area contributed by atoms with E-state index in [0.717, 1.165) is 34.7 Å². The molecule has 2 aromatic carbocycles. The Labute approximate surface area is 172 Å². The fourth-order valence-electron chi connectivity index (χ4n) is 4.70. The first-order valence-corrected chi connectivity index (χ1v) is 10.8. The van der Waals surface area contributed by atoms with Crippen LogP contribution in [-0.4, -0.2) is 15.3 Å². The Kier molecular flexibility index (Phi) is 3.71. The maximum atomic E-state index is 13.5. The van der Waals surface area contributed by atoms with Crippen LogP contribution in [0, 0.1) is 0 Å². The van der Waals surface area contributed by atoms with Crippen LogP contribution in [0.1, 0.15) is 35.2 Å². The SMILES string of the molecule is O=C1C[C@H](c2ccccc2)CC2=C1[C@H](c1cccs1)n1c(nc3ccccc31)N2. The van der Waals surface area contributed by atoms with Gasteiger partial charge in [0.25, 0.3) is 0 Å². The van der Waals surface area contributed by atoms with Crippen molar-refractivity contribution in [2.75, 3.05) is 5.32 Å². The molecule has 1 N–H and O–H groups in total. The van der Waals surface area contributed by atoms with E-state index in [1.54, 1.807) is 11.3 Å². The fraction of sp³-hybridized carbons (Fsp3) is 0.167. The van der Waals surface area contributed by atoms with Gasteiger partial charge in [0.05, 0.1) is 11.0 Å². The topological polar surface area (TPSA) is 46.9 Å². The van der Waals surface area contributed by atoms with E-state index in [2.05, 4.69) is 45.6 Å². The largest absolute Gasteiger partial charge is 0.329 e. The van der Waals surface area contributed by atoms with E-state index < -0.39 is 0 Å². The van der Waals surface area contributed by atoms with Crippen molar-refractivity contribution >= 4 is 34.1 Å². The minimum absolute atomic E-state index is 0.113. The molecule has 2 aromatic heterocycles. The molecule has 2 aliphatic rings. The van der Waals surface area contributed by atoms with Crippen LogP contribution in [0.15, 0.2) is 83.4 Å². The molecule has 4 nitrogen and oxygen atoms in total. The second-order valence-corrected chi connectivity index (χ2v) is 8.65. The minimum atomic E-state index is -0.113. The lowest BCUT2D eigenvalue weighted by molar-refractivity contribution is -0.116. The number of fused-ring (bicyclic) bond motifs is 3. The number of thiophene rings is 1. The number of hydrogen-bond acceptors (Lipinski definition) is 4. The summed E-state index contributed by atoms with van der Waals surface area (Å²) >= 11 is 1.70. The van der Waals surface area contributed by atoms with Crippen LogP contribution in [0.4, 0.5) is 5.95 Å². The van der Waals surface area contributed by atoms with Crippen LogP contribution in [0.25, 0.3) is 11.0 Å². The van der Waals surface area contributed by atoms with Gasteiger partial charge in [0.2, 0.25) is 5.95 Å². The van der Waals surface area contributed by atoms with E-state index in [4.69, 9.17) is 4.98 Å². The van der Waals surface area contributed by atoms with Crippen LogP contribution in [0.2, 0.25) is 0 Å². The number of ketones is 1. The second kappa shape index (κ2) is 6.42. The number of benzene rings is 2. The number of carbonyl (C=O) groups is 1. The van der Waals surface area contributed by atoms with Crippen molar-refractivity contribution in [3.8, 4) is 0 Å². The number of nitrogens with one attached hydrogen (secondary N) is 1. The highest BCUT2D eigenvalue weighted by Crippen LogP contribution is 2.46. The molecule has 142 valence electrons. The average molecular weight is 398 g/mol. The van der Waals surface area contributed by atoms with Gasteiger partial charge in [-0.05, 0) is 41.5 Å². The molecular weight excluding hydrogens is 378 g/mol. The Bertz CT molecular complexity index is 1250. The smallest absolute Gasteiger partial charge is 0.209 e. The predicted octanol–water partition coefficient (Wildman–Crippen LogP) is 5.51. The van der Waals surface area contributed by atoms with Crippen molar-refractivity contribution < 1.29 is 4.79 Å². The third kappa shape index (κ3) is 2.58. The molecule has 1 aliphatic carbocycles. The molecule has 0 spiro atoms. The summed E-state index contributed by atoms with van der Waals surface area (Å²) in [5, 5.41) is 5.61. The maximum Gasteiger partial charge on any atom is 0.209 e. The van der Waals surface area contributed by atoms with E-state index in [1.165, 1.54) is 10.4 Å². The summed E-state index contributed by atoms with van der Waals surface area (Å²) in [4.78, 5) is 19.5. The Morgan fingerprint density at radius 2 is 1.79 bits per heavy atom. The summed E-state index contributed by atoms with van der Waals surface area (Å²) in [6.45, 7) is 0. The molecule has 29 heavy (non-hydrogen) atoms. The van der Waals surface area contributed by atoms with Gasteiger partial charge in [-0.2, -0.15) is 0 Å². The molecule has 1 aliphatic heterocycles. The first-order valence-electron chi connectivity index (χ1n) is 9.88. The molecular formula is C24H19N3OS. The summed E-state index contributed by atoms with van der Waals surface area (Å²) in [7, 11) is 0. The van der Waals surface area contributed by atoms with Crippen molar-refractivity contribution in [1.82, 2.24) is 9.55 Å². The standard InChI is InChI=1S/C24H19N3OS/c28-20-14-16(15-7-2-1-3-8-15)13-18-22(20)23(21-11-6-12-29-21)27-19-10-5-4-9-17(19)25-24(27)26-18/h1-12,16,23H,13-14H2,(H,25,26)/t16-,23+/m1/s1. The molecule has 0 amide bonds. The molecule has 0 saturated carbocycles. The number of hydrogen-bond donors (Lipinski definition) is 1. The Morgan fingerprint density at radius 1 is 0.966 bits per heavy atom. The monoisotopic (exact) mass is 397 g/mol. The highest BCUT2D eigenvalue weighted by molar-refractivity contribution is 7.10. The fourth-order valence-corrected chi connectivity index (χ4v) is 5.53. The quantitative estimate of drug-likeness (QED) is 0.485. The molecule has 3 heterocycles. The highest BCUT2D eigenvalue weighted by Gasteiger charge is 2.39. The summed E-state index contributed by atoms with van der Waals surface area (Å²) in [5.74, 6) is 1.26. The molecule has 2 atom stereocenters. The number of imidazole rings is 1. The summed E-state index contributed by atoms with van der Waals surface area (Å²) in [6.07, 6.45) is 1.38. The molecule has 4 aromatic rings. The second-order valence-electron chi connectivity index (χ2n) is 7.67. The zero-order valence-corrected chi connectivity index (χ0v) is 16.5. The number of para-hydroxylation sites is 2. The lowest BCUT2D eigenvalue weighted by Crippen LogP contribution is -2.32. The van der Waals surface area contributed by atoms with Gasteiger partial charge < -0.3 is 5.32 Å². The maximum absolute atomic E-state index is 13.5. The first kappa shape index (κ1) is 16.7. The van der Waals surface area contributed by atoms with Gasteiger partial charge in [0.1, 0.15) is 6.04 Å². The average Bonchev–Trinajstić information content (AvgIpc) is 3.40. The Hall–Kier alpha value is -3.18. The summed E-state index contributed by atoms with van der Waals surface area (Å²) in [5.41, 5.74) is 5.15. The van der Waals surface area contributed by atoms with Crippen LogP contribution < -0.4 is 5.32 Å². The molecule has 0 fully saturated rings. The number of rotatable bonds is 2. The van der Waals surface area contributed by atoms with E-state index in [1.807, 2.05) is 36.4 Å². The molecule has 0 saturated heterocycles. The zero-order chi connectivity index (χ0) is 19.4. The summed E-state index contributed by atoms with van der Waals surface area (Å²) < 4.78 is 2.20. The third-order valence-corrected chi connectivity index (χ3v) is 6.91. The lowest BCUT2D eigenvalue weighted by atomic mass is 9.79. The molecule has 6 rings (SSSR count). The highest BCUT2D eigenvalue weighted by atomic mass is 32.1. The van der Waals surface area contributed by atoms with Gasteiger partial charge in [-0.25, -0.2) is 4.98 Å².